The predicted octanol–water partition coefficient (Wildman–Crippen LogP) is 4.05. The number of halogens is 1. The van der Waals surface area contributed by atoms with E-state index in [9.17, 15) is 9.90 Å². The highest BCUT2D eigenvalue weighted by Crippen LogP contribution is 2.28. The average molecular weight is 336 g/mol. The van der Waals surface area contributed by atoms with E-state index in [2.05, 4.69) is 4.90 Å². The maximum absolute atomic E-state index is 12.7. The quantitative estimate of drug-likeness (QED) is 0.847. The van der Waals surface area contributed by atoms with Crippen LogP contribution in [0.15, 0.2) is 29.8 Å². The first-order valence-corrected chi connectivity index (χ1v) is 8.48. The van der Waals surface area contributed by atoms with E-state index in [0.717, 1.165) is 50.0 Å². The number of likely N-dealkylation sites (tertiary alicyclic amines) is 1. The number of hydrogen-bond donors (Lipinski definition) is 1. The van der Waals surface area contributed by atoms with Crippen molar-refractivity contribution in [2.75, 3.05) is 19.6 Å². The number of nitrogens with zero attached hydrogens (tertiary/aromatic N) is 1. The number of phenols is 1. The third-order valence-electron chi connectivity index (χ3n) is 4.85. The molecule has 1 saturated heterocycles. The van der Waals surface area contributed by atoms with Gasteiger partial charge < -0.3 is 10.0 Å². The molecule has 0 bridgehead atoms. The number of Topliss-reactive ketones (excluding diaryl/α,β-unsaturated/α-hetero) is 1. The summed E-state index contributed by atoms with van der Waals surface area (Å²) in [7, 11) is 0. The molecule has 1 aromatic carbocycles. The van der Waals surface area contributed by atoms with Gasteiger partial charge in [-0.3, -0.25) is 4.79 Å². The molecule has 3 rings (SSSR count). The molecule has 1 atom stereocenters. The molecule has 1 aromatic rings. The van der Waals surface area contributed by atoms with Gasteiger partial charge >= 0.3 is 0 Å². The fraction of sp³-hybridized carbons (Fsp3) is 0.526. The lowest BCUT2D eigenvalue weighted by Crippen LogP contribution is -2.38. The third-order valence-corrected chi connectivity index (χ3v) is 4.85. The summed E-state index contributed by atoms with van der Waals surface area (Å²) in [5.41, 5.74) is 1.96. The largest absolute Gasteiger partial charge is 0.508 e. The van der Waals surface area contributed by atoms with Gasteiger partial charge in [-0.15, -0.1) is 12.4 Å². The van der Waals surface area contributed by atoms with Crippen LogP contribution >= 0.6 is 12.4 Å². The summed E-state index contributed by atoms with van der Waals surface area (Å²) in [6.07, 6.45) is 8.91. The zero-order valence-corrected chi connectivity index (χ0v) is 14.4. The predicted molar refractivity (Wildman–Crippen MR) is 96.0 cm³/mol. The Morgan fingerprint density at radius 2 is 1.78 bits per heavy atom. The van der Waals surface area contributed by atoms with E-state index in [1.54, 1.807) is 12.1 Å². The monoisotopic (exact) mass is 335 g/mol. The van der Waals surface area contributed by atoms with Gasteiger partial charge in [0.15, 0.2) is 5.78 Å². The van der Waals surface area contributed by atoms with Crippen molar-refractivity contribution in [3.8, 4) is 5.75 Å². The Hall–Kier alpha value is -1.32. The van der Waals surface area contributed by atoms with Crippen molar-refractivity contribution < 1.29 is 9.90 Å². The summed E-state index contributed by atoms with van der Waals surface area (Å²) >= 11 is 0. The van der Waals surface area contributed by atoms with Gasteiger partial charge in [0, 0.05) is 12.5 Å². The van der Waals surface area contributed by atoms with E-state index in [1.807, 2.05) is 18.2 Å². The maximum atomic E-state index is 12.7. The smallest absolute Gasteiger partial charge is 0.163 e. The summed E-state index contributed by atoms with van der Waals surface area (Å²) < 4.78 is 0. The van der Waals surface area contributed by atoms with Gasteiger partial charge in [-0.2, -0.15) is 0 Å². The number of phenolic OH excluding ortho intramolecular Hbond substituents is 1. The molecular weight excluding hydrogens is 310 g/mol. The number of allylic oxidation sites excluding steroid dienone is 1. The lowest BCUT2D eigenvalue weighted by Gasteiger charge is -2.32. The van der Waals surface area contributed by atoms with Crippen LogP contribution in [-0.4, -0.2) is 35.4 Å². The molecule has 1 aliphatic carbocycles. The van der Waals surface area contributed by atoms with Crippen molar-refractivity contribution >= 4 is 24.3 Å². The molecule has 0 radical (unpaired) electrons. The standard InChI is InChI=1S/C19H25NO2.ClH/c21-18-9-7-15(8-10-18)13-16-5-4-6-17(19(16)22)14-20-11-2-1-3-12-20;/h7-10,13,17,21H,1-6,11-12,14H2;1H/b16-13+;. The highest BCUT2D eigenvalue weighted by Gasteiger charge is 2.28. The SMILES string of the molecule is Cl.O=C1/C(=C/c2ccc(O)cc2)CCCC1CN1CCCCC1. The first kappa shape index (κ1) is 18.0. The second kappa shape index (κ2) is 8.51. The maximum Gasteiger partial charge on any atom is 0.163 e. The minimum atomic E-state index is 0. The topological polar surface area (TPSA) is 40.5 Å². The Kier molecular flexibility index (Phi) is 6.67. The van der Waals surface area contributed by atoms with Gasteiger partial charge in [0.1, 0.15) is 5.75 Å². The summed E-state index contributed by atoms with van der Waals surface area (Å²) in [6.45, 7) is 3.24. The summed E-state index contributed by atoms with van der Waals surface area (Å²) in [6, 6.07) is 7.07. The Balaban J connectivity index is 0.00000192. The van der Waals surface area contributed by atoms with E-state index >= 15 is 0 Å². The average Bonchev–Trinajstić information content (AvgIpc) is 2.54. The zero-order valence-electron chi connectivity index (χ0n) is 13.5. The normalized spacial score (nSPS) is 24.4. The summed E-state index contributed by atoms with van der Waals surface area (Å²) in [5.74, 6) is 0.778. The molecule has 1 N–H and O–H groups in total. The number of carbonyl (C=O) groups is 1. The molecular formula is C19H26ClNO2. The summed E-state index contributed by atoms with van der Waals surface area (Å²) in [4.78, 5) is 15.2. The molecule has 1 heterocycles. The molecule has 4 heteroatoms. The molecule has 1 saturated carbocycles. The second-order valence-corrected chi connectivity index (χ2v) is 6.58. The van der Waals surface area contributed by atoms with Crippen molar-refractivity contribution in [1.82, 2.24) is 4.90 Å². The third kappa shape index (κ3) is 4.82. The number of piperidine rings is 1. The number of ketones is 1. The van der Waals surface area contributed by atoms with Crippen LogP contribution in [0.1, 0.15) is 44.1 Å². The Morgan fingerprint density at radius 3 is 2.48 bits per heavy atom. The number of benzene rings is 1. The van der Waals surface area contributed by atoms with E-state index in [4.69, 9.17) is 0 Å². The van der Waals surface area contributed by atoms with Gasteiger partial charge in [-0.25, -0.2) is 0 Å². The minimum absolute atomic E-state index is 0. The summed E-state index contributed by atoms with van der Waals surface area (Å²) in [5, 5.41) is 9.35. The molecule has 126 valence electrons. The number of hydrogen-bond acceptors (Lipinski definition) is 3. The molecule has 3 nitrogen and oxygen atoms in total. The number of aromatic hydroxyl groups is 1. The van der Waals surface area contributed by atoms with Crippen molar-refractivity contribution in [3.63, 3.8) is 0 Å². The fourth-order valence-electron chi connectivity index (χ4n) is 3.60. The van der Waals surface area contributed by atoms with Crippen molar-refractivity contribution in [2.24, 2.45) is 5.92 Å². The Labute approximate surface area is 144 Å². The van der Waals surface area contributed by atoms with Crippen LogP contribution in [0.2, 0.25) is 0 Å². The van der Waals surface area contributed by atoms with Crippen molar-refractivity contribution in [2.45, 2.75) is 38.5 Å². The molecule has 1 unspecified atom stereocenters. The minimum Gasteiger partial charge on any atom is -0.508 e. The molecule has 0 spiro atoms. The first-order valence-electron chi connectivity index (χ1n) is 8.48. The Morgan fingerprint density at radius 1 is 1.09 bits per heavy atom. The van der Waals surface area contributed by atoms with Crippen LogP contribution in [0.5, 0.6) is 5.75 Å². The van der Waals surface area contributed by atoms with Gasteiger partial charge in [0.05, 0.1) is 0 Å². The molecule has 2 fully saturated rings. The molecule has 1 aliphatic heterocycles. The number of rotatable bonds is 3. The molecule has 2 aliphatic rings. The van der Waals surface area contributed by atoms with E-state index in [0.29, 0.717) is 5.78 Å². The van der Waals surface area contributed by atoms with Crippen LogP contribution in [0.25, 0.3) is 6.08 Å². The van der Waals surface area contributed by atoms with Gasteiger partial charge in [-0.05, 0) is 74.5 Å². The van der Waals surface area contributed by atoms with Crippen LogP contribution in [0, 0.1) is 5.92 Å². The van der Waals surface area contributed by atoms with Crippen LogP contribution in [0.4, 0.5) is 0 Å². The van der Waals surface area contributed by atoms with E-state index in [1.165, 1.54) is 19.3 Å². The van der Waals surface area contributed by atoms with E-state index in [-0.39, 0.29) is 24.1 Å². The van der Waals surface area contributed by atoms with Crippen LogP contribution < -0.4 is 0 Å². The van der Waals surface area contributed by atoms with Crippen LogP contribution in [-0.2, 0) is 4.79 Å². The lowest BCUT2D eigenvalue weighted by atomic mass is 9.83. The Bertz CT molecular complexity index is 547. The van der Waals surface area contributed by atoms with Gasteiger partial charge in [-0.1, -0.05) is 18.6 Å². The highest BCUT2D eigenvalue weighted by molar-refractivity contribution is 6.01. The first-order chi connectivity index (χ1) is 10.7. The lowest BCUT2D eigenvalue weighted by molar-refractivity contribution is -0.121. The zero-order chi connectivity index (χ0) is 15.4. The molecule has 0 amide bonds. The molecule has 23 heavy (non-hydrogen) atoms. The van der Waals surface area contributed by atoms with Crippen molar-refractivity contribution in [3.05, 3.63) is 35.4 Å². The van der Waals surface area contributed by atoms with Gasteiger partial charge in [0.25, 0.3) is 0 Å². The molecule has 0 aromatic heterocycles. The number of carbonyl (C=O) groups excluding carboxylic acids is 1. The van der Waals surface area contributed by atoms with E-state index < -0.39 is 0 Å². The highest BCUT2D eigenvalue weighted by atomic mass is 35.5. The van der Waals surface area contributed by atoms with Gasteiger partial charge in [0.2, 0.25) is 0 Å². The van der Waals surface area contributed by atoms with Crippen molar-refractivity contribution in [1.29, 1.82) is 0 Å². The van der Waals surface area contributed by atoms with Crippen LogP contribution in [0.3, 0.4) is 0 Å². The fourth-order valence-corrected chi connectivity index (χ4v) is 3.60. The second-order valence-electron chi connectivity index (χ2n) is 6.58.